The van der Waals surface area contributed by atoms with Crippen LogP contribution in [0.4, 0.5) is 10.1 Å². The summed E-state index contributed by atoms with van der Waals surface area (Å²) in [5.74, 6) is -0.355. The van der Waals surface area contributed by atoms with Crippen LogP contribution in [0.1, 0.15) is 22.3 Å². The van der Waals surface area contributed by atoms with Crippen molar-refractivity contribution < 1.29 is 9.18 Å². The van der Waals surface area contributed by atoms with Crippen LogP contribution < -0.4 is 5.73 Å². The van der Waals surface area contributed by atoms with Gasteiger partial charge in [0.2, 0.25) is 0 Å². The molecule has 0 saturated carbocycles. The van der Waals surface area contributed by atoms with Crippen LogP contribution in [0.25, 0.3) is 0 Å². The van der Waals surface area contributed by atoms with Gasteiger partial charge in [0.15, 0.2) is 5.78 Å². The lowest BCUT2D eigenvalue weighted by Crippen LogP contribution is -1.96. The Morgan fingerprint density at radius 2 is 2.08 bits per heavy atom. The maximum absolute atomic E-state index is 13.1. The van der Waals surface area contributed by atoms with Gasteiger partial charge in [-0.2, -0.15) is 0 Å². The predicted octanol–water partition coefficient (Wildman–Crippen LogP) is 1.54. The number of anilines is 1. The lowest BCUT2D eigenvalue weighted by molar-refractivity contribution is 0.0994. The van der Waals surface area contributed by atoms with Crippen LogP contribution in [-0.2, 0) is 6.42 Å². The van der Waals surface area contributed by atoms with E-state index in [2.05, 4.69) is 0 Å². The van der Waals surface area contributed by atoms with Gasteiger partial charge in [-0.3, -0.25) is 4.79 Å². The molecule has 0 radical (unpaired) electrons. The highest BCUT2D eigenvalue weighted by Gasteiger charge is 2.22. The lowest BCUT2D eigenvalue weighted by atomic mass is 10.1. The van der Waals surface area contributed by atoms with Crippen LogP contribution in [0.5, 0.6) is 0 Å². The largest absolute Gasteiger partial charge is 0.399 e. The van der Waals surface area contributed by atoms with Crippen molar-refractivity contribution in [2.24, 2.45) is 0 Å². The van der Waals surface area contributed by atoms with E-state index in [0.717, 1.165) is 0 Å². The molecular weight excluding hydrogens is 157 g/mol. The number of hydrogen-bond donors (Lipinski definition) is 1. The molecular formula is C9H8FNO. The van der Waals surface area contributed by atoms with Gasteiger partial charge >= 0.3 is 0 Å². The molecule has 0 aromatic heterocycles. The normalized spacial score (nSPS) is 14.9. The van der Waals surface area contributed by atoms with E-state index in [1.165, 1.54) is 6.07 Å². The van der Waals surface area contributed by atoms with Gasteiger partial charge in [-0.05, 0) is 24.1 Å². The number of nitrogen functional groups attached to an aromatic ring is 1. The molecule has 3 heteroatoms. The minimum atomic E-state index is -0.351. The van der Waals surface area contributed by atoms with Crippen molar-refractivity contribution in [2.45, 2.75) is 12.8 Å². The van der Waals surface area contributed by atoms with Gasteiger partial charge < -0.3 is 5.73 Å². The fourth-order valence-electron chi connectivity index (χ4n) is 1.53. The third-order valence-corrected chi connectivity index (χ3v) is 2.12. The Balaban J connectivity index is 2.68. The molecule has 2 N–H and O–H groups in total. The summed E-state index contributed by atoms with van der Waals surface area (Å²) in [5, 5.41) is 0. The van der Waals surface area contributed by atoms with E-state index < -0.39 is 0 Å². The number of hydrogen-bond acceptors (Lipinski definition) is 2. The number of nitrogens with two attached hydrogens (primary N) is 1. The van der Waals surface area contributed by atoms with Crippen molar-refractivity contribution in [1.82, 2.24) is 0 Å². The summed E-state index contributed by atoms with van der Waals surface area (Å²) in [6.07, 6.45) is 0.927. The summed E-state index contributed by atoms with van der Waals surface area (Å²) in [4.78, 5) is 11.1. The van der Waals surface area contributed by atoms with E-state index in [-0.39, 0.29) is 11.6 Å². The summed E-state index contributed by atoms with van der Waals surface area (Å²) in [5.41, 5.74) is 6.71. The maximum atomic E-state index is 13.1. The first-order valence-corrected chi connectivity index (χ1v) is 3.79. The number of Topliss-reactive ketones (excluding diaryl/α,β-unsaturated/α-hetero) is 1. The Morgan fingerprint density at radius 3 is 2.83 bits per heavy atom. The number of rotatable bonds is 0. The van der Waals surface area contributed by atoms with Gasteiger partial charge in [0.05, 0.1) is 0 Å². The highest BCUT2D eigenvalue weighted by atomic mass is 19.1. The zero-order valence-corrected chi connectivity index (χ0v) is 6.43. The quantitative estimate of drug-likeness (QED) is 0.592. The number of fused-ring (bicyclic) bond motifs is 1. The van der Waals surface area contributed by atoms with E-state index in [0.29, 0.717) is 29.7 Å². The molecule has 0 saturated heterocycles. The van der Waals surface area contributed by atoms with Crippen LogP contribution in [0, 0.1) is 5.82 Å². The SMILES string of the molecule is Nc1cc(F)c2c(c1)C(=O)CC2. The average molecular weight is 165 g/mol. The second kappa shape index (κ2) is 2.30. The van der Waals surface area contributed by atoms with Crippen molar-refractivity contribution in [3.05, 3.63) is 29.1 Å². The molecule has 0 bridgehead atoms. The number of carbonyl (C=O) groups excluding carboxylic acids is 1. The molecule has 0 aliphatic heterocycles. The highest BCUT2D eigenvalue weighted by molar-refractivity contribution is 6.01. The molecule has 0 amide bonds. The Morgan fingerprint density at radius 1 is 1.33 bits per heavy atom. The van der Waals surface area contributed by atoms with E-state index in [1.54, 1.807) is 6.07 Å². The number of benzene rings is 1. The molecule has 2 nitrogen and oxygen atoms in total. The molecule has 0 spiro atoms. The molecule has 0 heterocycles. The molecule has 1 aliphatic rings. The van der Waals surface area contributed by atoms with Gasteiger partial charge in [0.1, 0.15) is 5.82 Å². The molecule has 1 aliphatic carbocycles. The van der Waals surface area contributed by atoms with Crippen LogP contribution in [0.2, 0.25) is 0 Å². The maximum Gasteiger partial charge on any atom is 0.163 e. The summed E-state index contributed by atoms with van der Waals surface area (Å²) in [6.45, 7) is 0. The van der Waals surface area contributed by atoms with Crippen molar-refractivity contribution >= 4 is 11.5 Å². The lowest BCUT2D eigenvalue weighted by Gasteiger charge is -2.00. The number of ketones is 1. The molecule has 0 atom stereocenters. The predicted molar refractivity (Wildman–Crippen MR) is 43.5 cm³/mol. The van der Waals surface area contributed by atoms with Crippen LogP contribution in [0.3, 0.4) is 0 Å². The molecule has 0 fully saturated rings. The van der Waals surface area contributed by atoms with Crippen molar-refractivity contribution in [1.29, 1.82) is 0 Å². The summed E-state index contributed by atoms with van der Waals surface area (Å²) in [6, 6.07) is 2.81. The molecule has 0 unspecified atom stereocenters. The topological polar surface area (TPSA) is 43.1 Å². The van der Waals surface area contributed by atoms with Crippen LogP contribution >= 0.6 is 0 Å². The Hall–Kier alpha value is -1.38. The first kappa shape index (κ1) is 7.28. The van der Waals surface area contributed by atoms with E-state index in [9.17, 15) is 9.18 Å². The van der Waals surface area contributed by atoms with Crippen molar-refractivity contribution in [3.63, 3.8) is 0 Å². The van der Waals surface area contributed by atoms with Crippen molar-refractivity contribution in [3.8, 4) is 0 Å². The fourth-order valence-corrected chi connectivity index (χ4v) is 1.53. The molecule has 62 valence electrons. The Kier molecular flexibility index (Phi) is 1.40. The van der Waals surface area contributed by atoms with Crippen LogP contribution in [-0.4, -0.2) is 5.78 Å². The third kappa shape index (κ3) is 0.897. The second-order valence-corrected chi connectivity index (χ2v) is 2.95. The van der Waals surface area contributed by atoms with Crippen LogP contribution in [0.15, 0.2) is 12.1 Å². The fraction of sp³-hybridized carbons (Fsp3) is 0.222. The smallest absolute Gasteiger partial charge is 0.163 e. The highest BCUT2D eigenvalue weighted by Crippen LogP contribution is 2.26. The van der Waals surface area contributed by atoms with Gasteiger partial charge in [-0.25, -0.2) is 4.39 Å². The molecule has 1 aromatic rings. The van der Waals surface area contributed by atoms with E-state index >= 15 is 0 Å². The monoisotopic (exact) mass is 165 g/mol. The number of carbonyl (C=O) groups is 1. The standard InChI is InChI=1S/C9H8FNO/c10-8-4-5(11)3-7-6(8)1-2-9(7)12/h3-4H,1-2,11H2. The zero-order chi connectivity index (χ0) is 8.72. The minimum Gasteiger partial charge on any atom is -0.399 e. The molecule has 1 aromatic carbocycles. The first-order valence-electron chi connectivity index (χ1n) is 3.79. The second-order valence-electron chi connectivity index (χ2n) is 2.95. The van der Waals surface area contributed by atoms with Gasteiger partial charge in [-0.1, -0.05) is 0 Å². The summed E-state index contributed by atoms with van der Waals surface area (Å²) in [7, 11) is 0. The number of halogens is 1. The van der Waals surface area contributed by atoms with Crippen molar-refractivity contribution in [2.75, 3.05) is 5.73 Å². The zero-order valence-electron chi connectivity index (χ0n) is 6.43. The van der Waals surface area contributed by atoms with E-state index in [4.69, 9.17) is 5.73 Å². The van der Waals surface area contributed by atoms with E-state index in [1.807, 2.05) is 0 Å². The summed E-state index contributed by atoms with van der Waals surface area (Å²) < 4.78 is 13.1. The molecule has 12 heavy (non-hydrogen) atoms. The molecule has 2 rings (SSSR count). The van der Waals surface area contributed by atoms with Gasteiger partial charge in [0, 0.05) is 17.7 Å². The third-order valence-electron chi connectivity index (χ3n) is 2.12. The van der Waals surface area contributed by atoms with Gasteiger partial charge in [-0.15, -0.1) is 0 Å². The summed E-state index contributed by atoms with van der Waals surface area (Å²) >= 11 is 0. The average Bonchev–Trinajstić information content (AvgIpc) is 2.33. The Bertz CT molecular complexity index is 360. The first-order chi connectivity index (χ1) is 5.68. The Labute approximate surface area is 69.2 Å². The van der Waals surface area contributed by atoms with Gasteiger partial charge in [0.25, 0.3) is 0 Å². The minimum absolute atomic E-state index is 0.00352.